The van der Waals surface area contributed by atoms with Crippen LogP contribution in [0.4, 0.5) is 5.69 Å². The molecule has 1 N–H and O–H groups in total. The van der Waals surface area contributed by atoms with Gasteiger partial charge in [-0.2, -0.15) is 0 Å². The van der Waals surface area contributed by atoms with Crippen LogP contribution in [0.2, 0.25) is 10.0 Å². The van der Waals surface area contributed by atoms with E-state index in [2.05, 4.69) is 5.32 Å². The van der Waals surface area contributed by atoms with Gasteiger partial charge in [-0.25, -0.2) is 8.42 Å². The van der Waals surface area contributed by atoms with Crippen molar-refractivity contribution in [2.45, 2.75) is 59.2 Å². The Kier molecular flexibility index (Phi) is 11.2. The van der Waals surface area contributed by atoms with Crippen LogP contribution in [0.15, 0.2) is 66.7 Å². The maximum atomic E-state index is 14.2. The lowest BCUT2D eigenvalue weighted by molar-refractivity contribution is -0.140. The van der Waals surface area contributed by atoms with Crippen molar-refractivity contribution in [1.82, 2.24) is 10.2 Å². The minimum absolute atomic E-state index is 0.0194. The van der Waals surface area contributed by atoms with Gasteiger partial charge in [-0.15, -0.1) is 0 Å². The lowest BCUT2D eigenvalue weighted by Crippen LogP contribution is -2.54. The number of nitrogens with zero attached hydrogens (tertiary/aromatic N) is 2. The Balaban J connectivity index is 2.10. The number of anilines is 1. The highest BCUT2D eigenvalue weighted by Gasteiger charge is 2.33. The molecule has 0 aliphatic rings. The number of carbonyl (C=O) groups is 2. The van der Waals surface area contributed by atoms with E-state index in [4.69, 9.17) is 23.2 Å². The molecule has 0 unspecified atom stereocenters. The first kappa shape index (κ1) is 32.4. The molecule has 0 saturated heterocycles. The molecule has 0 spiro atoms. The molecule has 0 fully saturated rings. The second-order valence-electron chi connectivity index (χ2n) is 10.4. The van der Waals surface area contributed by atoms with Crippen LogP contribution in [0.3, 0.4) is 0 Å². The molecule has 3 aromatic carbocycles. The van der Waals surface area contributed by atoms with Crippen molar-refractivity contribution in [2.24, 2.45) is 0 Å². The second-order valence-corrected chi connectivity index (χ2v) is 13.1. The predicted octanol–water partition coefficient (Wildman–Crippen LogP) is 5.93. The van der Waals surface area contributed by atoms with Crippen molar-refractivity contribution >= 4 is 50.7 Å². The summed E-state index contributed by atoms with van der Waals surface area (Å²) in [5, 5.41) is 3.69. The molecule has 2 amide bonds. The first-order chi connectivity index (χ1) is 19.3. The molecule has 3 rings (SSSR count). The van der Waals surface area contributed by atoms with E-state index in [1.807, 2.05) is 64.1 Å². The van der Waals surface area contributed by atoms with Crippen molar-refractivity contribution in [3.63, 3.8) is 0 Å². The first-order valence-electron chi connectivity index (χ1n) is 13.4. The molecule has 0 radical (unpaired) electrons. The molecule has 220 valence electrons. The summed E-state index contributed by atoms with van der Waals surface area (Å²) in [5.74, 6) is -0.852. The Bertz CT molecular complexity index is 1460. The van der Waals surface area contributed by atoms with Gasteiger partial charge in [0.25, 0.3) is 0 Å². The van der Waals surface area contributed by atoms with Crippen LogP contribution >= 0.6 is 23.2 Å². The van der Waals surface area contributed by atoms with E-state index in [9.17, 15) is 18.0 Å². The molecule has 0 aliphatic heterocycles. The number of aryl methyl sites for hydroxylation is 2. The van der Waals surface area contributed by atoms with Crippen LogP contribution in [0.25, 0.3) is 0 Å². The van der Waals surface area contributed by atoms with Crippen LogP contribution in [0, 0.1) is 13.8 Å². The van der Waals surface area contributed by atoms with Crippen LogP contribution < -0.4 is 9.62 Å². The van der Waals surface area contributed by atoms with Crippen LogP contribution in [-0.4, -0.2) is 50.0 Å². The maximum Gasteiger partial charge on any atom is 0.244 e. The van der Waals surface area contributed by atoms with E-state index in [0.717, 1.165) is 27.3 Å². The Morgan fingerprint density at radius 3 is 2.10 bits per heavy atom. The zero-order valence-corrected chi connectivity index (χ0v) is 26.4. The van der Waals surface area contributed by atoms with Crippen molar-refractivity contribution in [3.8, 4) is 0 Å². The highest BCUT2D eigenvalue weighted by molar-refractivity contribution is 7.92. The van der Waals surface area contributed by atoms with Gasteiger partial charge in [-0.1, -0.05) is 72.6 Å². The Morgan fingerprint density at radius 1 is 0.902 bits per heavy atom. The van der Waals surface area contributed by atoms with Crippen molar-refractivity contribution in [2.75, 3.05) is 17.1 Å². The highest BCUT2D eigenvalue weighted by Crippen LogP contribution is 2.26. The summed E-state index contributed by atoms with van der Waals surface area (Å²) in [6.45, 7) is 7.13. The molecule has 0 aliphatic carbocycles. The summed E-state index contributed by atoms with van der Waals surface area (Å²) in [6, 6.07) is 18.8. The normalized spacial score (nSPS) is 12.9. The van der Waals surface area contributed by atoms with E-state index >= 15 is 0 Å². The summed E-state index contributed by atoms with van der Waals surface area (Å²) in [5.41, 5.74) is 3.63. The Labute approximate surface area is 253 Å². The average Bonchev–Trinajstić information content (AvgIpc) is 2.90. The number of hydrogen-bond donors (Lipinski definition) is 1. The first-order valence-corrected chi connectivity index (χ1v) is 16.0. The fourth-order valence-electron chi connectivity index (χ4n) is 4.54. The van der Waals surface area contributed by atoms with E-state index < -0.39 is 28.5 Å². The number of nitrogens with one attached hydrogen (secondary N) is 1. The van der Waals surface area contributed by atoms with E-state index in [-0.39, 0.29) is 24.9 Å². The topological polar surface area (TPSA) is 86.8 Å². The Hall–Kier alpha value is -3.07. The standard InChI is InChI=1S/C31H37Cl2N3O4S/c1-6-23(4)34-31(38)29(18-24-10-8-7-9-11-24)35(19-25-12-13-27(32)28(33)17-25)30(37)20-36(41(5,39)40)26-15-21(2)14-22(3)16-26/h7-17,23,29H,6,18-20H2,1-5H3,(H,34,38)/t23-,29-/m0/s1. The second kappa shape index (κ2) is 14.2. The van der Waals surface area contributed by atoms with Crippen LogP contribution in [0.5, 0.6) is 0 Å². The van der Waals surface area contributed by atoms with Gasteiger partial charge in [0, 0.05) is 19.0 Å². The largest absolute Gasteiger partial charge is 0.352 e. The number of halogens is 2. The number of hydrogen-bond acceptors (Lipinski definition) is 4. The molecule has 10 heteroatoms. The van der Waals surface area contributed by atoms with Gasteiger partial charge in [0.15, 0.2) is 0 Å². The summed E-state index contributed by atoms with van der Waals surface area (Å²) in [7, 11) is -3.85. The fourth-order valence-corrected chi connectivity index (χ4v) is 5.69. The molecular formula is C31H37Cl2N3O4S. The van der Waals surface area contributed by atoms with Crippen LogP contribution in [0.1, 0.15) is 42.5 Å². The number of sulfonamides is 1. The van der Waals surface area contributed by atoms with Crippen LogP contribution in [-0.2, 0) is 32.6 Å². The van der Waals surface area contributed by atoms with E-state index in [0.29, 0.717) is 27.7 Å². The monoisotopic (exact) mass is 617 g/mol. The van der Waals surface area contributed by atoms with Gasteiger partial charge in [0.05, 0.1) is 22.0 Å². The molecule has 41 heavy (non-hydrogen) atoms. The molecule has 2 atom stereocenters. The van der Waals surface area contributed by atoms with Crippen molar-refractivity contribution in [3.05, 3.63) is 99.0 Å². The molecule has 3 aromatic rings. The third-order valence-corrected chi connectivity index (χ3v) is 8.66. The summed E-state index contributed by atoms with van der Waals surface area (Å²) in [6.07, 6.45) is 2.01. The van der Waals surface area contributed by atoms with Crippen molar-refractivity contribution < 1.29 is 18.0 Å². The summed E-state index contributed by atoms with van der Waals surface area (Å²) < 4.78 is 27.0. The smallest absolute Gasteiger partial charge is 0.244 e. The third kappa shape index (κ3) is 9.21. The maximum absolute atomic E-state index is 14.2. The molecule has 7 nitrogen and oxygen atoms in total. The van der Waals surface area contributed by atoms with E-state index in [1.54, 1.807) is 30.3 Å². The zero-order chi connectivity index (χ0) is 30.3. The van der Waals surface area contributed by atoms with Gasteiger partial charge in [0.2, 0.25) is 21.8 Å². The van der Waals surface area contributed by atoms with Gasteiger partial charge in [0.1, 0.15) is 12.6 Å². The number of rotatable bonds is 12. The van der Waals surface area contributed by atoms with Crippen molar-refractivity contribution in [1.29, 1.82) is 0 Å². The van der Waals surface area contributed by atoms with Gasteiger partial charge in [-0.3, -0.25) is 13.9 Å². The lowest BCUT2D eigenvalue weighted by atomic mass is 10.0. The molecule has 0 aromatic heterocycles. The number of carbonyl (C=O) groups excluding carboxylic acids is 2. The quantitative estimate of drug-likeness (QED) is 0.273. The summed E-state index contributed by atoms with van der Waals surface area (Å²) >= 11 is 12.4. The van der Waals surface area contributed by atoms with E-state index in [1.165, 1.54) is 4.90 Å². The average molecular weight is 619 g/mol. The van der Waals surface area contributed by atoms with Gasteiger partial charge < -0.3 is 10.2 Å². The summed E-state index contributed by atoms with van der Waals surface area (Å²) in [4.78, 5) is 29.3. The minimum Gasteiger partial charge on any atom is -0.352 e. The number of amides is 2. The fraction of sp³-hybridized carbons (Fsp3) is 0.355. The Morgan fingerprint density at radius 2 is 1.54 bits per heavy atom. The van der Waals surface area contributed by atoms with Gasteiger partial charge in [-0.05, 0) is 73.7 Å². The molecule has 0 bridgehead atoms. The lowest BCUT2D eigenvalue weighted by Gasteiger charge is -2.34. The zero-order valence-electron chi connectivity index (χ0n) is 24.0. The molecule has 0 heterocycles. The highest BCUT2D eigenvalue weighted by atomic mass is 35.5. The molecular weight excluding hydrogens is 581 g/mol. The SMILES string of the molecule is CC[C@H](C)NC(=O)[C@H](Cc1ccccc1)N(Cc1ccc(Cl)c(Cl)c1)C(=O)CN(c1cc(C)cc(C)c1)S(C)(=O)=O. The third-order valence-electron chi connectivity index (χ3n) is 6.78. The minimum atomic E-state index is -3.85. The van der Waals surface area contributed by atoms with Gasteiger partial charge >= 0.3 is 0 Å². The number of benzene rings is 3. The predicted molar refractivity (Wildman–Crippen MR) is 167 cm³/mol. The molecule has 0 saturated carbocycles.